The van der Waals surface area contributed by atoms with Crippen LogP contribution >= 0.6 is 0 Å². The summed E-state index contributed by atoms with van der Waals surface area (Å²) in [7, 11) is -2.47. The molecule has 1 aliphatic heterocycles. The molecule has 144 valence electrons. The molecule has 0 radical (unpaired) electrons. The number of methoxy groups -OCH3 is 1. The Kier molecular flexibility index (Phi) is 6.26. The first-order chi connectivity index (χ1) is 13.0. The molecule has 6 nitrogen and oxygen atoms in total. The van der Waals surface area contributed by atoms with Crippen LogP contribution in [0.2, 0.25) is 0 Å². The van der Waals surface area contributed by atoms with Gasteiger partial charge in [0.05, 0.1) is 17.6 Å². The summed E-state index contributed by atoms with van der Waals surface area (Å²) >= 11 is 0. The van der Waals surface area contributed by atoms with Gasteiger partial charge in [-0.3, -0.25) is 4.90 Å². The number of nitrogens with one attached hydrogen (secondary N) is 1. The summed E-state index contributed by atoms with van der Waals surface area (Å²) in [6.07, 6.45) is 2.48. The highest BCUT2D eigenvalue weighted by Gasteiger charge is 2.17. The number of carbonyl (C=O) groups excluding carboxylic acids is 1. The maximum Gasteiger partial charge on any atom is 0.337 e. The molecule has 7 heteroatoms. The lowest BCUT2D eigenvalue weighted by molar-refractivity contribution is 0.0600. The molecule has 0 saturated carbocycles. The summed E-state index contributed by atoms with van der Waals surface area (Å²) in [6, 6.07) is 13.8. The number of rotatable bonds is 7. The van der Waals surface area contributed by atoms with Crippen LogP contribution in [0.1, 0.15) is 34.3 Å². The van der Waals surface area contributed by atoms with Crippen molar-refractivity contribution >= 4 is 16.0 Å². The number of nitrogens with zero attached hydrogens (tertiary/aromatic N) is 1. The summed E-state index contributed by atoms with van der Waals surface area (Å²) in [5.41, 5.74) is 2.29. The number of benzene rings is 2. The van der Waals surface area contributed by atoms with E-state index in [0.717, 1.165) is 25.2 Å². The molecule has 3 rings (SSSR count). The maximum atomic E-state index is 12.6. The van der Waals surface area contributed by atoms with Crippen LogP contribution in [-0.4, -0.2) is 39.5 Å². The molecule has 0 bridgehead atoms. The first-order valence-electron chi connectivity index (χ1n) is 8.96. The monoisotopic (exact) mass is 388 g/mol. The van der Waals surface area contributed by atoms with Gasteiger partial charge in [0.15, 0.2) is 0 Å². The Labute approximate surface area is 160 Å². The van der Waals surface area contributed by atoms with E-state index in [1.165, 1.54) is 49.8 Å². The largest absolute Gasteiger partial charge is 0.465 e. The van der Waals surface area contributed by atoms with Gasteiger partial charge in [0, 0.05) is 13.1 Å². The SMILES string of the molecule is COC(=O)c1cccc(S(=O)(=O)NCc2cccc(CN3CCCC3)c2)c1. The first-order valence-corrected chi connectivity index (χ1v) is 10.4. The van der Waals surface area contributed by atoms with Crippen molar-refractivity contribution < 1.29 is 17.9 Å². The molecule has 27 heavy (non-hydrogen) atoms. The van der Waals surface area contributed by atoms with Gasteiger partial charge in [0.2, 0.25) is 10.0 Å². The number of ether oxygens (including phenoxy) is 1. The van der Waals surface area contributed by atoms with Crippen molar-refractivity contribution in [3.05, 3.63) is 65.2 Å². The van der Waals surface area contributed by atoms with Gasteiger partial charge in [-0.05, 0) is 55.3 Å². The van der Waals surface area contributed by atoms with Crippen molar-refractivity contribution in [1.82, 2.24) is 9.62 Å². The summed E-state index contributed by atoms with van der Waals surface area (Å²) in [5, 5.41) is 0. The van der Waals surface area contributed by atoms with Crippen LogP contribution in [0.15, 0.2) is 53.4 Å². The second kappa shape index (κ2) is 8.65. The molecule has 1 heterocycles. The van der Waals surface area contributed by atoms with Crippen molar-refractivity contribution in [1.29, 1.82) is 0 Å². The van der Waals surface area contributed by atoms with Crippen LogP contribution < -0.4 is 4.72 Å². The smallest absolute Gasteiger partial charge is 0.337 e. The number of hydrogen-bond acceptors (Lipinski definition) is 5. The van der Waals surface area contributed by atoms with E-state index in [1.54, 1.807) is 0 Å². The Morgan fingerprint density at radius 3 is 2.52 bits per heavy atom. The van der Waals surface area contributed by atoms with Crippen molar-refractivity contribution in [2.45, 2.75) is 30.8 Å². The lowest BCUT2D eigenvalue weighted by atomic mass is 10.1. The number of carbonyl (C=O) groups is 1. The van der Waals surface area contributed by atoms with Gasteiger partial charge in [-0.15, -0.1) is 0 Å². The van der Waals surface area contributed by atoms with Gasteiger partial charge < -0.3 is 4.74 Å². The molecule has 0 aliphatic carbocycles. The van der Waals surface area contributed by atoms with Gasteiger partial charge >= 0.3 is 5.97 Å². The predicted molar refractivity (Wildman–Crippen MR) is 103 cm³/mol. The van der Waals surface area contributed by atoms with Crippen LogP contribution in [0.25, 0.3) is 0 Å². The van der Waals surface area contributed by atoms with Crippen molar-refractivity contribution in [3.8, 4) is 0 Å². The Morgan fingerprint density at radius 1 is 1.07 bits per heavy atom. The average molecular weight is 388 g/mol. The zero-order chi connectivity index (χ0) is 19.3. The van der Waals surface area contributed by atoms with E-state index in [9.17, 15) is 13.2 Å². The highest BCUT2D eigenvalue weighted by Crippen LogP contribution is 2.16. The van der Waals surface area contributed by atoms with E-state index in [1.807, 2.05) is 18.2 Å². The zero-order valence-corrected chi connectivity index (χ0v) is 16.2. The third-order valence-corrected chi connectivity index (χ3v) is 6.03. The summed E-state index contributed by atoms with van der Waals surface area (Å²) < 4.78 is 32.4. The molecule has 1 aliphatic rings. The van der Waals surface area contributed by atoms with Gasteiger partial charge in [0.25, 0.3) is 0 Å². The van der Waals surface area contributed by atoms with Crippen LogP contribution in [0.3, 0.4) is 0 Å². The fraction of sp³-hybridized carbons (Fsp3) is 0.350. The topological polar surface area (TPSA) is 75.7 Å². The lowest BCUT2D eigenvalue weighted by Gasteiger charge is -2.15. The van der Waals surface area contributed by atoms with Crippen LogP contribution in [0.4, 0.5) is 0 Å². The maximum absolute atomic E-state index is 12.6. The normalized spacial score (nSPS) is 15.0. The molecule has 0 atom stereocenters. The molecule has 2 aromatic carbocycles. The minimum Gasteiger partial charge on any atom is -0.465 e. The molecule has 1 N–H and O–H groups in total. The highest BCUT2D eigenvalue weighted by atomic mass is 32.2. The molecule has 0 spiro atoms. The fourth-order valence-corrected chi connectivity index (χ4v) is 4.27. The Hall–Kier alpha value is -2.22. The number of hydrogen-bond donors (Lipinski definition) is 1. The van der Waals surface area contributed by atoms with Crippen molar-refractivity contribution in [2.24, 2.45) is 0 Å². The van der Waals surface area contributed by atoms with E-state index >= 15 is 0 Å². The number of sulfonamides is 1. The molecule has 0 amide bonds. The van der Waals surface area contributed by atoms with E-state index in [-0.39, 0.29) is 17.0 Å². The lowest BCUT2D eigenvalue weighted by Crippen LogP contribution is -2.24. The number of likely N-dealkylation sites (tertiary alicyclic amines) is 1. The van der Waals surface area contributed by atoms with Gasteiger partial charge in [0.1, 0.15) is 0 Å². The molecular formula is C20H24N2O4S. The van der Waals surface area contributed by atoms with E-state index in [0.29, 0.717) is 0 Å². The standard InChI is InChI=1S/C20H24N2O4S/c1-26-20(23)18-8-5-9-19(13-18)27(24,25)21-14-16-6-4-7-17(12-16)15-22-10-2-3-11-22/h4-9,12-13,21H,2-3,10-11,14-15H2,1H3. The third kappa shape index (κ3) is 5.15. The molecule has 0 unspecified atom stereocenters. The van der Waals surface area contributed by atoms with E-state index in [2.05, 4.69) is 20.4 Å². The van der Waals surface area contributed by atoms with Gasteiger partial charge in [-0.2, -0.15) is 0 Å². The summed E-state index contributed by atoms with van der Waals surface area (Å²) in [4.78, 5) is 14.1. The zero-order valence-electron chi connectivity index (χ0n) is 15.3. The van der Waals surface area contributed by atoms with Crippen LogP contribution in [0, 0.1) is 0 Å². The van der Waals surface area contributed by atoms with E-state index < -0.39 is 16.0 Å². The minimum absolute atomic E-state index is 0.0404. The highest BCUT2D eigenvalue weighted by molar-refractivity contribution is 7.89. The molecule has 0 aromatic heterocycles. The Morgan fingerprint density at radius 2 is 1.78 bits per heavy atom. The first kappa shape index (κ1) is 19.5. The van der Waals surface area contributed by atoms with E-state index in [4.69, 9.17) is 0 Å². The summed E-state index contributed by atoms with van der Waals surface area (Å²) in [5.74, 6) is -0.568. The van der Waals surface area contributed by atoms with Crippen molar-refractivity contribution in [3.63, 3.8) is 0 Å². The fourth-order valence-electron chi connectivity index (χ4n) is 3.21. The Balaban J connectivity index is 1.67. The van der Waals surface area contributed by atoms with Crippen LogP contribution in [-0.2, 0) is 27.8 Å². The quantitative estimate of drug-likeness (QED) is 0.738. The predicted octanol–water partition coefficient (Wildman–Crippen LogP) is 2.55. The third-order valence-electron chi connectivity index (χ3n) is 4.63. The van der Waals surface area contributed by atoms with Gasteiger partial charge in [-0.25, -0.2) is 17.9 Å². The summed E-state index contributed by atoms with van der Waals surface area (Å²) in [6.45, 7) is 3.32. The second-order valence-corrected chi connectivity index (χ2v) is 8.41. The van der Waals surface area contributed by atoms with Gasteiger partial charge in [-0.1, -0.05) is 30.3 Å². The average Bonchev–Trinajstić information content (AvgIpc) is 3.19. The van der Waals surface area contributed by atoms with Crippen molar-refractivity contribution in [2.75, 3.05) is 20.2 Å². The minimum atomic E-state index is -3.73. The van der Waals surface area contributed by atoms with Crippen LogP contribution in [0.5, 0.6) is 0 Å². The second-order valence-electron chi connectivity index (χ2n) is 6.65. The number of esters is 1. The molecule has 1 fully saturated rings. The molecular weight excluding hydrogens is 364 g/mol. The Bertz CT molecular complexity index is 906. The molecule has 1 saturated heterocycles. The molecule has 2 aromatic rings.